The molecule has 1 atom stereocenters. The highest BCUT2D eigenvalue weighted by Crippen LogP contribution is 2.36. The minimum absolute atomic E-state index is 0.0344. The number of likely N-dealkylation sites (N-methyl/N-ethyl adjacent to an activating group) is 2. The number of halogens is 2. The van der Waals surface area contributed by atoms with Crippen molar-refractivity contribution in [3.05, 3.63) is 47.5 Å². The number of hydrogen-bond donors (Lipinski definition) is 1. The molecule has 37 heavy (non-hydrogen) atoms. The Morgan fingerprint density at radius 2 is 1.78 bits per heavy atom. The van der Waals surface area contributed by atoms with Gasteiger partial charge in [-0.3, -0.25) is 0 Å². The predicted octanol–water partition coefficient (Wildman–Crippen LogP) is 5.48. The molecule has 0 aliphatic rings. The second-order valence-electron chi connectivity index (χ2n) is 9.23. The van der Waals surface area contributed by atoms with Gasteiger partial charge < -0.3 is 29.3 Å². The van der Waals surface area contributed by atoms with Crippen LogP contribution in [0.4, 0.5) is 15.9 Å². The van der Waals surface area contributed by atoms with E-state index in [-0.39, 0.29) is 16.8 Å². The Bertz CT molecular complexity index is 1130. The molecule has 3 rings (SSSR count). The van der Waals surface area contributed by atoms with Gasteiger partial charge in [0.25, 0.3) is 0 Å². The van der Waals surface area contributed by atoms with E-state index in [4.69, 9.17) is 25.8 Å². The molecule has 1 unspecified atom stereocenters. The Hall–Kier alpha value is -2.72. The highest BCUT2D eigenvalue weighted by atomic mass is 35.5. The number of nitrogens with one attached hydrogen (secondary N) is 1. The van der Waals surface area contributed by atoms with Gasteiger partial charge in [-0.1, -0.05) is 17.7 Å². The SMILES string of the molecule is COCCN(C)C.COc1cc2ncnc(Nc3cccc(Cl)c3F)c2cc1OC(C)CN(C)C(C)C. The molecule has 0 saturated carbocycles. The maximum absolute atomic E-state index is 14.4. The summed E-state index contributed by atoms with van der Waals surface area (Å²) in [4.78, 5) is 12.9. The van der Waals surface area contributed by atoms with E-state index in [0.29, 0.717) is 34.3 Å². The number of rotatable bonds is 11. The summed E-state index contributed by atoms with van der Waals surface area (Å²) in [6.45, 7) is 8.86. The zero-order valence-corrected chi connectivity index (χ0v) is 23.8. The van der Waals surface area contributed by atoms with Crippen molar-refractivity contribution < 1.29 is 18.6 Å². The van der Waals surface area contributed by atoms with Crippen LogP contribution in [0.2, 0.25) is 5.02 Å². The van der Waals surface area contributed by atoms with Crippen LogP contribution in [0.3, 0.4) is 0 Å². The van der Waals surface area contributed by atoms with E-state index in [1.54, 1.807) is 32.4 Å². The van der Waals surface area contributed by atoms with Crippen LogP contribution in [0.5, 0.6) is 11.5 Å². The van der Waals surface area contributed by atoms with Crippen molar-refractivity contribution in [3.8, 4) is 11.5 Å². The predicted molar refractivity (Wildman–Crippen MR) is 149 cm³/mol. The molecule has 2 aromatic carbocycles. The second-order valence-corrected chi connectivity index (χ2v) is 9.63. The molecule has 1 aromatic heterocycles. The van der Waals surface area contributed by atoms with Gasteiger partial charge in [-0.25, -0.2) is 14.4 Å². The third kappa shape index (κ3) is 9.27. The standard InChI is InChI=1S/C22H26ClFN4O2.C5H13NO/c1-13(2)28(4)11-14(3)30-20-9-15-18(10-19(20)29-5)25-12-26-22(15)27-17-8-6-7-16(23)21(17)24;1-6(2)4-5-7-3/h6-10,12-14H,11H2,1-5H3,(H,25,26,27);4-5H2,1-3H3. The van der Waals surface area contributed by atoms with Gasteiger partial charge in [0, 0.05) is 37.7 Å². The van der Waals surface area contributed by atoms with Crippen molar-refractivity contribution in [2.45, 2.75) is 32.9 Å². The number of hydrogen-bond acceptors (Lipinski definition) is 8. The molecule has 0 fully saturated rings. The lowest BCUT2D eigenvalue weighted by Crippen LogP contribution is -2.35. The number of ether oxygens (including phenoxy) is 3. The van der Waals surface area contributed by atoms with E-state index in [9.17, 15) is 4.39 Å². The van der Waals surface area contributed by atoms with Crippen molar-refractivity contribution in [2.24, 2.45) is 0 Å². The molecule has 204 valence electrons. The Labute approximate surface area is 224 Å². The average Bonchev–Trinajstić information content (AvgIpc) is 2.85. The summed E-state index contributed by atoms with van der Waals surface area (Å²) in [5.74, 6) is 1.04. The first-order valence-electron chi connectivity index (χ1n) is 12.1. The zero-order valence-electron chi connectivity index (χ0n) is 23.0. The van der Waals surface area contributed by atoms with Crippen LogP contribution in [0.15, 0.2) is 36.7 Å². The van der Waals surface area contributed by atoms with Crippen molar-refractivity contribution in [1.82, 2.24) is 19.8 Å². The molecule has 1 heterocycles. The smallest absolute Gasteiger partial charge is 0.165 e. The van der Waals surface area contributed by atoms with E-state index in [1.165, 1.54) is 12.4 Å². The highest BCUT2D eigenvalue weighted by molar-refractivity contribution is 6.31. The molecular weight excluding hydrogens is 497 g/mol. The number of nitrogens with zero attached hydrogens (tertiary/aromatic N) is 4. The molecule has 0 radical (unpaired) electrons. The lowest BCUT2D eigenvalue weighted by molar-refractivity contribution is 0.141. The zero-order chi connectivity index (χ0) is 27.5. The van der Waals surface area contributed by atoms with E-state index in [2.05, 4.69) is 46.0 Å². The van der Waals surface area contributed by atoms with Gasteiger partial charge in [0.2, 0.25) is 0 Å². The van der Waals surface area contributed by atoms with Crippen LogP contribution in [0.1, 0.15) is 20.8 Å². The van der Waals surface area contributed by atoms with Crippen LogP contribution >= 0.6 is 11.6 Å². The Morgan fingerprint density at radius 1 is 1.05 bits per heavy atom. The summed E-state index contributed by atoms with van der Waals surface area (Å²) in [7, 11) is 9.40. The van der Waals surface area contributed by atoms with Crippen molar-refractivity contribution in [3.63, 3.8) is 0 Å². The van der Waals surface area contributed by atoms with Crippen LogP contribution in [0, 0.1) is 5.82 Å². The van der Waals surface area contributed by atoms with Gasteiger partial charge in [-0.2, -0.15) is 0 Å². The lowest BCUT2D eigenvalue weighted by Gasteiger charge is -2.26. The first-order chi connectivity index (χ1) is 17.6. The third-order valence-electron chi connectivity index (χ3n) is 5.62. The summed E-state index contributed by atoms with van der Waals surface area (Å²) in [5, 5.41) is 3.72. The lowest BCUT2D eigenvalue weighted by atomic mass is 10.2. The Balaban J connectivity index is 0.000000604. The van der Waals surface area contributed by atoms with E-state index in [0.717, 1.165) is 19.7 Å². The Kier molecular flexibility index (Phi) is 12.3. The van der Waals surface area contributed by atoms with Crippen molar-refractivity contribution in [2.75, 3.05) is 60.4 Å². The quantitative estimate of drug-likeness (QED) is 0.346. The fourth-order valence-corrected chi connectivity index (χ4v) is 3.46. The minimum atomic E-state index is -0.541. The van der Waals surface area contributed by atoms with E-state index < -0.39 is 5.82 Å². The van der Waals surface area contributed by atoms with Gasteiger partial charge in [0.05, 0.1) is 29.9 Å². The monoisotopic (exact) mass is 535 g/mol. The van der Waals surface area contributed by atoms with E-state index in [1.807, 2.05) is 27.1 Å². The topological polar surface area (TPSA) is 72.0 Å². The van der Waals surface area contributed by atoms with E-state index >= 15 is 0 Å². The largest absolute Gasteiger partial charge is 0.493 e. The number of fused-ring (bicyclic) bond motifs is 1. The molecule has 0 saturated heterocycles. The summed E-state index contributed by atoms with van der Waals surface area (Å²) in [5.41, 5.74) is 0.874. The molecular formula is C27H39ClFN5O3. The first-order valence-corrected chi connectivity index (χ1v) is 12.5. The summed E-state index contributed by atoms with van der Waals surface area (Å²) in [6, 6.07) is 8.76. The van der Waals surface area contributed by atoms with Crippen LogP contribution in [-0.4, -0.2) is 87.0 Å². The maximum Gasteiger partial charge on any atom is 0.165 e. The number of aromatic nitrogens is 2. The maximum atomic E-state index is 14.4. The number of anilines is 2. The number of methoxy groups -OCH3 is 2. The summed E-state index contributed by atoms with van der Waals surface area (Å²) < 4.78 is 30.8. The fourth-order valence-electron chi connectivity index (χ4n) is 3.29. The molecule has 0 bridgehead atoms. The van der Waals surface area contributed by atoms with Gasteiger partial charge in [-0.05, 0) is 60.1 Å². The average molecular weight is 536 g/mol. The van der Waals surface area contributed by atoms with Gasteiger partial charge in [-0.15, -0.1) is 0 Å². The molecule has 0 aliphatic carbocycles. The van der Waals surface area contributed by atoms with Gasteiger partial charge >= 0.3 is 0 Å². The summed E-state index contributed by atoms with van der Waals surface area (Å²) >= 11 is 5.90. The van der Waals surface area contributed by atoms with Gasteiger partial charge in [0.15, 0.2) is 17.3 Å². The molecule has 0 aliphatic heterocycles. The van der Waals surface area contributed by atoms with Crippen molar-refractivity contribution >= 4 is 34.0 Å². The van der Waals surface area contributed by atoms with Gasteiger partial charge in [0.1, 0.15) is 18.2 Å². The molecule has 10 heteroatoms. The highest BCUT2D eigenvalue weighted by Gasteiger charge is 2.17. The second kappa shape index (κ2) is 14.9. The molecule has 1 N–H and O–H groups in total. The van der Waals surface area contributed by atoms with Crippen LogP contribution in [0.25, 0.3) is 10.9 Å². The molecule has 3 aromatic rings. The summed E-state index contributed by atoms with van der Waals surface area (Å²) in [6.07, 6.45) is 1.34. The normalized spacial score (nSPS) is 12.0. The molecule has 0 spiro atoms. The molecule has 8 nitrogen and oxygen atoms in total. The fraction of sp³-hybridized carbons (Fsp3) is 0.481. The number of benzene rings is 2. The van der Waals surface area contributed by atoms with Crippen molar-refractivity contribution in [1.29, 1.82) is 0 Å². The molecule has 0 amide bonds. The third-order valence-corrected chi connectivity index (χ3v) is 5.91. The first kappa shape index (κ1) is 30.5. The Morgan fingerprint density at radius 3 is 2.38 bits per heavy atom. The van der Waals surface area contributed by atoms with Crippen LogP contribution in [-0.2, 0) is 4.74 Å². The minimum Gasteiger partial charge on any atom is -0.493 e. The van der Waals surface area contributed by atoms with Crippen LogP contribution < -0.4 is 14.8 Å².